The monoisotopic (exact) mass is 198 g/mol. The van der Waals surface area contributed by atoms with Crippen LogP contribution in [0.4, 0.5) is 0 Å². The van der Waals surface area contributed by atoms with E-state index in [4.69, 9.17) is 16.7 Å². The zero-order valence-electron chi connectivity index (χ0n) is 9.05. The molecule has 1 atom stereocenters. The molecular weight excluding hydrogens is 176 g/mol. The number of nitrogens with one attached hydrogen (secondary N) is 1. The fraction of sp³-hybridized carbons (Fsp3) is 0.900. The van der Waals surface area contributed by atoms with Crippen LogP contribution in [0.1, 0.15) is 32.6 Å². The average molecular weight is 198 g/mol. The van der Waals surface area contributed by atoms with Gasteiger partial charge in [0.05, 0.1) is 6.07 Å². The van der Waals surface area contributed by atoms with Gasteiger partial charge in [0.1, 0.15) is 0 Å². The summed E-state index contributed by atoms with van der Waals surface area (Å²) in [6.45, 7) is 4.26. The Hall–Kier alpha value is -0.630. The summed E-state index contributed by atoms with van der Waals surface area (Å²) < 4.78 is 0. The predicted octanol–water partition coefficient (Wildman–Crippen LogP) is 0.336. The summed E-state index contributed by atoms with van der Waals surface area (Å²) in [5, 5.41) is 11.8. The summed E-state index contributed by atoms with van der Waals surface area (Å²) in [5.74, 6) is 0. The lowest BCUT2D eigenvalue weighted by molar-refractivity contribution is 0.310. The van der Waals surface area contributed by atoms with E-state index in [1.165, 1.54) is 0 Å². The second-order valence-corrected chi connectivity index (χ2v) is 3.83. The van der Waals surface area contributed by atoms with Crippen LogP contribution in [0.25, 0.3) is 0 Å². The fourth-order valence-corrected chi connectivity index (χ4v) is 1.53. The standard InChI is InChI=1S/C10H22N4/c1-10(5-8-13,4-2-6-11)14-9-3-7-12/h14H,2-6,8-9,11,13H2,1H3. The zero-order chi connectivity index (χ0) is 10.9. The van der Waals surface area contributed by atoms with Gasteiger partial charge < -0.3 is 16.8 Å². The summed E-state index contributed by atoms with van der Waals surface area (Å²) in [7, 11) is 0. The van der Waals surface area contributed by atoms with Crippen molar-refractivity contribution in [3.05, 3.63) is 0 Å². The van der Waals surface area contributed by atoms with Gasteiger partial charge in [-0.15, -0.1) is 0 Å². The molecule has 82 valence electrons. The van der Waals surface area contributed by atoms with Gasteiger partial charge in [0.2, 0.25) is 0 Å². The summed E-state index contributed by atoms with van der Waals surface area (Å²) in [6, 6.07) is 2.12. The highest BCUT2D eigenvalue weighted by molar-refractivity contribution is 4.85. The second-order valence-electron chi connectivity index (χ2n) is 3.83. The maximum Gasteiger partial charge on any atom is 0.0635 e. The molecule has 0 aromatic carbocycles. The quantitative estimate of drug-likeness (QED) is 0.491. The normalized spacial score (nSPS) is 14.7. The molecule has 0 amide bonds. The predicted molar refractivity (Wildman–Crippen MR) is 58.6 cm³/mol. The molecule has 0 heterocycles. The molecule has 0 aromatic rings. The van der Waals surface area contributed by atoms with Gasteiger partial charge in [0.25, 0.3) is 0 Å². The molecule has 0 saturated carbocycles. The molecule has 0 spiro atoms. The van der Waals surface area contributed by atoms with Gasteiger partial charge in [-0.2, -0.15) is 5.26 Å². The third-order valence-corrected chi connectivity index (χ3v) is 2.42. The molecule has 0 radical (unpaired) electrons. The van der Waals surface area contributed by atoms with Crippen molar-refractivity contribution in [1.29, 1.82) is 5.26 Å². The van der Waals surface area contributed by atoms with Crippen molar-refractivity contribution in [2.75, 3.05) is 19.6 Å². The molecule has 0 aliphatic heterocycles. The van der Waals surface area contributed by atoms with E-state index < -0.39 is 0 Å². The van der Waals surface area contributed by atoms with Gasteiger partial charge in [-0.05, 0) is 39.3 Å². The van der Waals surface area contributed by atoms with E-state index in [2.05, 4.69) is 18.3 Å². The van der Waals surface area contributed by atoms with E-state index in [0.29, 0.717) is 19.5 Å². The first-order valence-corrected chi connectivity index (χ1v) is 5.20. The number of rotatable bonds is 8. The number of nitrogens with zero attached hydrogens (tertiary/aromatic N) is 1. The first kappa shape index (κ1) is 13.4. The first-order valence-electron chi connectivity index (χ1n) is 5.20. The van der Waals surface area contributed by atoms with E-state index >= 15 is 0 Å². The van der Waals surface area contributed by atoms with Crippen molar-refractivity contribution in [2.45, 2.75) is 38.1 Å². The van der Waals surface area contributed by atoms with E-state index in [9.17, 15) is 0 Å². The van der Waals surface area contributed by atoms with Crippen LogP contribution in [-0.2, 0) is 0 Å². The van der Waals surface area contributed by atoms with Crippen LogP contribution in [0.3, 0.4) is 0 Å². The average Bonchev–Trinajstić information content (AvgIpc) is 2.16. The lowest BCUT2D eigenvalue weighted by Gasteiger charge is -2.30. The third-order valence-electron chi connectivity index (χ3n) is 2.42. The maximum atomic E-state index is 8.43. The Morgan fingerprint density at radius 1 is 1.29 bits per heavy atom. The van der Waals surface area contributed by atoms with E-state index in [0.717, 1.165) is 25.8 Å². The Morgan fingerprint density at radius 3 is 2.50 bits per heavy atom. The first-order chi connectivity index (χ1) is 6.68. The SMILES string of the molecule is CC(CCN)(CCCN)NCCC#N. The van der Waals surface area contributed by atoms with E-state index in [-0.39, 0.29) is 5.54 Å². The number of nitrogens with two attached hydrogens (primary N) is 2. The number of hydrogen-bond donors (Lipinski definition) is 3. The lowest BCUT2D eigenvalue weighted by atomic mass is 9.91. The highest BCUT2D eigenvalue weighted by Crippen LogP contribution is 2.15. The van der Waals surface area contributed by atoms with Gasteiger partial charge in [0, 0.05) is 18.5 Å². The van der Waals surface area contributed by atoms with Gasteiger partial charge >= 0.3 is 0 Å². The van der Waals surface area contributed by atoms with Crippen LogP contribution in [0, 0.1) is 11.3 Å². The Balaban J connectivity index is 3.89. The van der Waals surface area contributed by atoms with Gasteiger partial charge in [-0.3, -0.25) is 0 Å². The molecule has 4 heteroatoms. The Morgan fingerprint density at radius 2 is 2.00 bits per heavy atom. The zero-order valence-corrected chi connectivity index (χ0v) is 9.05. The summed E-state index contributed by atoms with van der Waals surface area (Å²) in [4.78, 5) is 0. The Kier molecular flexibility index (Phi) is 7.40. The van der Waals surface area contributed by atoms with Crippen LogP contribution in [0.15, 0.2) is 0 Å². The molecule has 0 aliphatic carbocycles. The lowest BCUT2D eigenvalue weighted by Crippen LogP contribution is -2.44. The summed E-state index contributed by atoms with van der Waals surface area (Å²) in [6.07, 6.45) is 3.49. The van der Waals surface area contributed by atoms with Crippen LogP contribution in [0.5, 0.6) is 0 Å². The van der Waals surface area contributed by atoms with E-state index in [1.54, 1.807) is 0 Å². The highest BCUT2D eigenvalue weighted by Gasteiger charge is 2.21. The minimum absolute atomic E-state index is 0.0466. The molecule has 0 aromatic heterocycles. The van der Waals surface area contributed by atoms with Gasteiger partial charge in [0.15, 0.2) is 0 Å². The molecule has 0 aliphatic rings. The van der Waals surface area contributed by atoms with Crippen LogP contribution >= 0.6 is 0 Å². The smallest absolute Gasteiger partial charge is 0.0635 e. The van der Waals surface area contributed by atoms with Crippen LogP contribution < -0.4 is 16.8 Å². The number of hydrogen-bond acceptors (Lipinski definition) is 4. The Bertz CT molecular complexity index is 175. The maximum absolute atomic E-state index is 8.43. The van der Waals surface area contributed by atoms with Gasteiger partial charge in [-0.25, -0.2) is 0 Å². The molecule has 1 unspecified atom stereocenters. The minimum atomic E-state index is 0.0466. The van der Waals surface area contributed by atoms with Crippen molar-refractivity contribution < 1.29 is 0 Å². The molecule has 4 nitrogen and oxygen atoms in total. The number of nitriles is 1. The molecule has 14 heavy (non-hydrogen) atoms. The molecule has 5 N–H and O–H groups in total. The summed E-state index contributed by atoms with van der Waals surface area (Å²) >= 11 is 0. The largest absolute Gasteiger partial charge is 0.330 e. The van der Waals surface area contributed by atoms with Crippen molar-refractivity contribution in [1.82, 2.24) is 5.32 Å². The molecule has 0 rings (SSSR count). The van der Waals surface area contributed by atoms with E-state index in [1.807, 2.05) is 0 Å². The van der Waals surface area contributed by atoms with Crippen molar-refractivity contribution in [2.24, 2.45) is 11.5 Å². The Labute approximate surface area is 86.6 Å². The molecular formula is C10H22N4. The molecule has 0 bridgehead atoms. The van der Waals surface area contributed by atoms with Crippen LogP contribution in [-0.4, -0.2) is 25.2 Å². The topological polar surface area (TPSA) is 87.9 Å². The minimum Gasteiger partial charge on any atom is -0.330 e. The van der Waals surface area contributed by atoms with Crippen molar-refractivity contribution >= 4 is 0 Å². The van der Waals surface area contributed by atoms with Gasteiger partial charge in [-0.1, -0.05) is 0 Å². The van der Waals surface area contributed by atoms with Crippen LogP contribution in [0.2, 0.25) is 0 Å². The third kappa shape index (κ3) is 5.92. The summed E-state index contributed by atoms with van der Waals surface area (Å²) in [5.41, 5.74) is 11.1. The molecule has 0 fully saturated rings. The second kappa shape index (κ2) is 7.74. The van der Waals surface area contributed by atoms with Crippen molar-refractivity contribution in [3.63, 3.8) is 0 Å². The molecule has 0 saturated heterocycles. The fourth-order valence-electron chi connectivity index (χ4n) is 1.53. The highest BCUT2D eigenvalue weighted by atomic mass is 15.0. The van der Waals surface area contributed by atoms with Crippen molar-refractivity contribution in [3.8, 4) is 6.07 Å².